The molecule has 0 spiro atoms. The highest BCUT2D eigenvalue weighted by atomic mass is 16.3. The standard InChI is InChI=1S/C17H19NO/c1-12-5-4-10-18-16(12)17(19)15-9-3-8-14(11-15)13-6-2-7-13/h3-5,8-11,13,17,19H,2,6-7H2,1H3. The quantitative estimate of drug-likeness (QED) is 0.904. The van der Waals surface area contributed by atoms with Gasteiger partial charge in [0.2, 0.25) is 0 Å². The van der Waals surface area contributed by atoms with Crippen LogP contribution in [-0.4, -0.2) is 10.1 Å². The molecule has 1 N–H and O–H groups in total. The highest BCUT2D eigenvalue weighted by Gasteiger charge is 2.21. The highest BCUT2D eigenvalue weighted by molar-refractivity contribution is 5.34. The Balaban J connectivity index is 1.91. The molecule has 1 atom stereocenters. The molecule has 2 heteroatoms. The van der Waals surface area contributed by atoms with E-state index in [0.717, 1.165) is 16.8 Å². The molecule has 0 amide bonds. The van der Waals surface area contributed by atoms with Crippen molar-refractivity contribution in [3.63, 3.8) is 0 Å². The van der Waals surface area contributed by atoms with E-state index < -0.39 is 6.10 Å². The van der Waals surface area contributed by atoms with Crippen LogP contribution in [0.4, 0.5) is 0 Å². The Hall–Kier alpha value is -1.67. The number of hydrogen-bond acceptors (Lipinski definition) is 2. The van der Waals surface area contributed by atoms with Gasteiger partial charge in [0.25, 0.3) is 0 Å². The first-order chi connectivity index (χ1) is 9.25. The lowest BCUT2D eigenvalue weighted by molar-refractivity contribution is 0.214. The Morgan fingerprint density at radius 3 is 2.74 bits per heavy atom. The van der Waals surface area contributed by atoms with Gasteiger partial charge >= 0.3 is 0 Å². The lowest BCUT2D eigenvalue weighted by atomic mass is 9.79. The molecule has 0 bridgehead atoms. The summed E-state index contributed by atoms with van der Waals surface area (Å²) >= 11 is 0. The van der Waals surface area contributed by atoms with Crippen molar-refractivity contribution in [1.29, 1.82) is 0 Å². The van der Waals surface area contributed by atoms with Crippen LogP contribution in [0.1, 0.15) is 53.7 Å². The minimum atomic E-state index is -0.624. The van der Waals surface area contributed by atoms with Crippen molar-refractivity contribution in [2.24, 2.45) is 0 Å². The van der Waals surface area contributed by atoms with Gasteiger partial charge in [0.15, 0.2) is 0 Å². The largest absolute Gasteiger partial charge is 0.382 e. The van der Waals surface area contributed by atoms with Crippen LogP contribution in [-0.2, 0) is 0 Å². The van der Waals surface area contributed by atoms with E-state index in [1.54, 1.807) is 6.20 Å². The minimum absolute atomic E-state index is 0.624. The monoisotopic (exact) mass is 253 g/mol. The van der Waals surface area contributed by atoms with Gasteiger partial charge in [-0.2, -0.15) is 0 Å². The summed E-state index contributed by atoms with van der Waals surface area (Å²) in [5.74, 6) is 0.692. The molecule has 0 saturated heterocycles. The number of pyridine rings is 1. The van der Waals surface area contributed by atoms with Gasteiger partial charge in [-0.05, 0) is 48.4 Å². The number of aliphatic hydroxyl groups excluding tert-OH is 1. The van der Waals surface area contributed by atoms with Gasteiger partial charge in [0.1, 0.15) is 6.10 Å². The van der Waals surface area contributed by atoms with Crippen LogP contribution in [0, 0.1) is 6.92 Å². The zero-order chi connectivity index (χ0) is 13.2. The maximum Gasteiger partial charge on any atom is 0.121 e. The Morgan fingerprint density at radius 2 is 2.05 bits per heavy atom. The number of aliphatic hydroxyl groups is 1. The zero-order valence-corrected chi connectivity index (χ0v) is 11.2. The van der Waals surface area contributed by atoms with Gasteiger partial charge in [-0.3, -0.25) is 4.98 Å². The molecule has 1 heterocycles. The molecular weight excluding hydrogens is 234 g/mol. The van der Waals surface area contributed by atoms with Crippen molar-refractivity contribution in [2.45, 2.75) is 38.2 Å². The van der Waals surface area contributed by atoms with E-state index in [1.165, 1.54) is 24.8 Å². The van der Waals surface area contributed by atoms with E-state index in [4.69, 9.17) is 0 Å². The minimum Gasteiger partial charge on any atom is -0.382 e. The fourth-order valence-electron chi connectivity index (χ4n) is 2.67. The smallest absolute Gasteiger partial charge is 0.121 e. The van der Waals surface area contributed by atoms with Gasteiger partial charge in [0, 0.05) is 6.20 Å². The van der Waals surface area contributed by atoms with Crippen LogP contribution in [0.25, 0.3) is 0 Å². The van der Waals surface area contributed by atoms with Crippen molar-refractivity contribution in [2.75, 3.05) is 0 Å². The molecule has 1 aromatic heterocycles. The fourth-order valence-corrected chi connectivity index (χ4v) is 2.67. The normalized spacial score (nSPS) is 16.9. The number of rotatable bonds is 3. The van der Waals surface area contributed by atoms with Gasteiger partial charge in [-0.1, -0.05) is 36.8 Å². The van der Waals surface area contributed by atoms with E-state index >= 15 is 0 Å². The third-order valence-electron chi connectivity index (χ3n) is 4.11. The Morgan fingerprint density at radius 1 is 1.21 bits per heavy atom. The Bertz CT molecular complexity index is 575. The molecule has 3 rings (SSSR count). The molecule has 2 aromatic rings. The van der Waals surface area contributed by atoms with E-state index in [0.29, 0.717) is 5.92 Å². The molecule has 1 unspecified atom stereocenters. The lowest BCUT2D eigenvalue weighted by Crippen LogP contribution is -2.10. The third kappa shape index (κ3) is 2.41. The van der Waals surface area contributed by atoms with Gasteiger partial charge in [-0.25, -0.2) is 0 Å². The summed E-state index contributed by atoms with van der Waals surface area (Å²) in [4.78, 5) is 4.31. The molecule has 2 nitrogen and oxygen atoms in total. The zero-order valence-electron chi connectivity index (χ0n) is 11.2. The van der Waals surface area contributed by atoms with E-state index in [1.807, 2.05) is 31.2 Å². The van der Waals surface area contributed by atoms with Crippen LogP contribution in [0.3, 0.4) is 0 Å². The van der Waals surface area contributed by atoms with E-state index in [-0.39, 0.29) is 0 Å². The van der Waals surface area contributed by atoms with Gasteiger partial charge < -0.3 is 5.11 Å². The van der Waals surface area contributed by atoms with E-state index in [2.05, 4.69) is 17.1 Å². The van der Waals surface area contributed by atoms with Crippen molar-refractivity contribution in [3.8, 4) is 0 Å². The second-order valence-electron chi connectivity index (χ2n) is 5.41. The molecule has 19 heavy (non-hydrogen) atoms. The molecule has 1 fully saturated rings. The second-order valence-corrected chi connectivity index (χ2v) is 5.41. The van der Waals surface area contributed by atoms with Crippen molar-refractivity contribution < 1.29 is 5.11 Å². The Labute approximate surface area is 114 Å². The molecule has 1 aromatic carbocycles. The summed E-state index contributed by atoms with van der Waals surface area (Å²) < 4.78 is 0. The highest BCUT2D eigenvalue weighted by Crippen LogP contribution is 2.37. The first-order valence-corrected chi connectivity index (χ1v) is 6.95. The molecule has 0 radical (unpaired) electrons. The van der Waals surface area contributed by atoms with Gasteiger partial charge in [0.05, 0.1) is 5.69 Å². The molecule has 0 aliphatic heterocycles. The van der Waals surface area contributed by atoms with Crippen molar-refractivity contribution in [3.05, 3.63) is 65.0 Å². The summed E-state index contributed by atoms with van der Waals surface area (Å²) in [7, 11) is 0. The second kappa shape index (κ2) is 5.14. The number of aromatic nitrogens is 1. The summed E-state index contributed by atoms with van der Waals surface area (Å²) in [6, 6.07) is 12.2. The molecule has 1 aliphatic rings. The number of aryl methyl sites for hydroxylation is 1. The molecular formula is C17H19NO. The Kier molecular flexibility index (Phi) is 3.34. The predicted molar refractivity (Wildman–Crippen MR) is 76.1 cm³/mol. The number of benzene rings is 1. The first-order valence-electron chi connectivity index (χ1n) is 6.95. The van der Waals surface area contributed by atoms with Crippen LogP contribution in [0.5, 0.6) is 0 Å². The summed E-state index contributed by atoms with van der Waals surface area (Å²) in [5.41, 5.74) is 4.10. The fraction of sp³-hybridized carbons (Fsp3) is 0.353. The van der Waals surface area contributed by atoms with Crippen LogP contribution in [0.2, 0.25) is 0 Å². The van der Waals surface area contributed by atoms with E-state index in [9.17, 15) is 5.11 Å². The SMILES string of the molecule is Cc1cccnc1C(O)c1cccc(C2CCC2)c1. The number of nitrogens with zero attached hydrogens (tertiary/aromatic N) is 1. The first kappa shape index (κ1) is 12.4. The van der Waals surface area contributed by atoms with Crippen LogP contribution in [0.15, 0.2) is 42.6 Å². The van der Waals surface area contributed by atoms with Crippen molar-refractivity contribution in [1.82, 2.24) is 4.98 Å². The molecule has 1 saturated carbocycles. The summed E-state index contributed by atoms with van der Waals surface area (Å²) in [6.45, 7) is 1.99. The van der Waals surface area contributed by atoms with Crippen LogP contribution < -0.4 is 0 Å². The average molecular weight is 253 g/mol. The molecule has 98 valence electrons. The van der Waals surface area contributed by atoms with Gasteiger partial charge in [-0.15, -0.1) is 0 Å². The third-order valence-corrected chi connectivity index (χ3v) is 4.11. The molecule has 1 aliphatic carbocycles. The lowest BCUT2D eigenvalue weighted by Gasteiger charge is -2.26. The average Bonchev–Trinajstić information content (AvgIpc) is 2.37. The topological polar surface area (TPSA) is 33.1 Å². The maximum absolute atomic E-state index is 10.5. The summed E-state index contributed by atoms with van der Waals surface area (Å²) in [5, 5.41) is 10.5. The number of hydrogen-bond donors (Lipinski definition) is 1. The summed E-state index contributed by atoms with van der Waals surface area (Å²) in [6.07, 6.45) is 5.00. The maximum atomic E-state index is 10.5. The van der Waals surface area contributed by atoms with Crippen LogP contribution >= 0.6 is 0 Å². The van der Waals surface area contributed by atoms with Crippen molar-refractivity contribution >= 4 is 0 Å². The predicted octanol–water partition coefficient (Wildman–Crippen LogP) is 3.74.